The van der Waals surface area contributed by atoms with Crippen molar-refractivity contribution in [3.05, 3.63) is 0 Å². The SMILES string of the molecule is CC(C)CCCCNC(=O)N1CCC(C(=O)O)C1C. The van der Waals surface area contributed by atoms with Gasteiger partial charge in [0.2, 0.25) is 0 Å². The van der Waals surface area contributed by atoms with Crippen LogP contribution in [0.1, 0.15) is 46.5 Å². The number of hydrogen-bond acceptors (Lipinski definition) is 2. The minimum atomic E-state index is -0.806. The van der Waals surface area contributed by atoms with Crippen molar-refractivity contribution in [1.82, 2.24) is 10.2 Å². The third kappa shape index (κ3) is 4.73. The second-order valence-electron chi connectivity index (χ2n) is 5.79. The van der Waals surface area contributed by atoms with Crippen LogP contribution in [-0.4, -0.2) is 41.1 Å². The normalized spacial score (nSPS) is 22.8. The second-order valence-corrected chi connectivity index (χ2v) is 5.79. The van der Waals surface area contributed by atoms with Gasteiger partial charge >= 0.3 is 12.0 Å². The van der Waals surface area contributed by atoms with Crippen molar-refractivity contribution in [2.75, 3.05) is 13.1 Å². The summed E-state index contributed by atoms with van der Waals surface area (Å²) in [7, 11) is 0. The molecule has 0 radical (unpaired) electrons. The summed E-state index contributed by atoms with van der Waals surface area (Å²) in [6.07, 6.45) is 3.83. The van der Waals surface area contributed by atoms with Crippen LogP contribution < -0.4 is 5.32 Å². The largest absolute Gasteiger partial charge is 0.481 e. The van der Waals surface area contributed by atoms with E-state index in [1.54, 1.807) is 4.90 Å². The predicted molar refractivity (Wildman–Crippen MR) is 74.0 cm³/mol. The molecule has 2 N–H and O–H groups in total. The highest BCUT2D eigenvalue weighted by molar-refractivity contribution is 5.78. The molecule has 1 heterocycles. The minimum Gasteiger partial charge on any atom is -0.481 e. The maximum atomic E-state index is 11.9. The van der Waals surface area contributed by atoms with Crippen LogP contribution in [-0.2, 0) is 4.79 Å². The average Bonchev–Trinajstić information content (AvgIpc) is 2.70. The number of hydrogen-bond donors (Lipinski definition) is 2. The van der Waals surface area contributed by atoms with Crippen molar-refractivity contribution in [1.29, 1.82) is 0 Å². The highest BCUT2D eigenvalue weighted by Gasteiger charge is 2.37. The van der Waals surface area contributed by atoms with E-state index in [1.165, 1.54) is 6.42 Å². The summed E-state index contributed by atoms with van der Waals surface area (Å²) in [4.78, 5) is 24.6. The summed E-state index contributed by atoms with van der Waals surface area (Å²) in [6, 6.07) is -0.339. The Balaban J connectivity index is 2.25. The van der Waals surface area contributed by atoms with Crippen LogP contribution in [0, 0.1) is 11.8 Å². The number of carbonyl (C=O) groups excluding carboxylic acids is 1. The van der Waals surface area contributed by atoms with Gasteiger partial charge in [0.15, 0.2) is 0 Å². The number of carboxylic acid groups (broad SMARTS) is 1. The Hall–Kier alpha value is -1.26. The Labute approximate surface area is 115 Å². The fourth-order valence-electron chi connectivity index (χ4n) is 2.53. The maximum absolute atomic E-state index is 11.9. The number of unbranched alkanes of at least 4 members (excludes halogenated alkanes) is 1. The van der Waals surface area contributed by atoms with Crippen molar-refractivity contribution in [3.8, 4) is 0 Å². The van der Waals surface area contributed by atoms with Gasteiger partial charge in [-0.2, -0.15) is 0 Å². The molecule has 2 atom stereocenters. The number of amides is 2. The Morgan fingerprint density at radius 2 is 2.05 bits per heavy atom. The van der Waals surface area contributed by atoms with Crippen LogP contribution in [0.2, 0.25) is 0 Å². The summed E-state index contributed by atoms with van der Waals surface area (Å²) >= 11 is 0. The number of carbonyl (C=O) groups is 2. The van der Waals surface area contributed by atoms with Gasteiger partial charge in [0, 0.05) is 19.1 Å². The molecule has 1 saturated heterocycles. The Kier molecular flexibility index (Phi) is 6.12. The molecule has 0 aromatic carbocycles. The second kappa shape index (κ2) is 7.36. The third-order valence-electron chi connectivity index (χ3n) is 3.82. The molecule has 2 unspecified atom stereocenters. The average molecular weight is 270 g/mol. The van der Waals surface area contributed by atoms with Gasteiger partial charge in [-0.25, -0.2) is 4.79 Å². The Bertz CT molecular complexity index is 318. The number of aliphatic carboxylic acids is 1. The zero-order valence-corrected chi connectivity index (χ0v) is 12.2. The van der Waals surface area contributed by atoms with Gasteiger partial charge < -0.3 is 15.3 Å². The fourth-order valence-corrected chi connectivity index (χ4v) is 2.53. The molecular weight excluding hydrogens is 244 g/mol. The van der Waals surface area contributed by atoms with E-state index in [9.17, 15) is 9.59 Å². The van der Waals surface area contributed by atoms with Gasteiger partial charge in [0.25, 0.3) is 0 Å². The Morgan fingerprint density at radius 3 is 2.58 bits per heavy atom. The highest BCUT2D eigenvalue weighted by Crippen LogP contribution is 2.24. The van der Waals surface area contributed by atoms with E-state index in [2.05, 4.69) is 19.2 Å². The molecule has 19 heavy (non-hydrogen) atoms. The number of urea groups is 1. The summed E-state index contributed by atoms with van der Waals surface area (Å²) in [5.74, 6) is -0.531. The van der Waals surface area contributed by atoms with E-state index in [4.69, 9.17) is 5.11 Å². The quantitative estimate of drug-likeness (QED) is 0.728. The molecule has 110 valence electrons. The molecule has 5 heteroatoms. The van der Waals surface area contributed by atoms with Crippen LogP contribution in [0.5, 0.6) is 0 Å². The first-order valence-corrected chi connectivity index (χ1v) is 7.20. The van der Waals surface area contributed by atoms with E-state index in [-0.39, 0.29) is 12.1 Å². The van der Waals surface area contributed by atoms with Crippen molar-refractivity contribution >= 4 is 12.0 Å². The van der Waals surface area contributed by atoms with Crippen LogP contribution in [0.3, 0.4) is 0 Å². The molecule has 5 nitrogen and oxygen atoms in total. The number of carboxylic acids is 1. The lowest BCUT2D eigenvalue weighted by atomic mass is 10.0. The van der Waals surface area contributed by atoms with E-state index < -0.39 is 11.9 Å². The molecule has 1 fully saturated rings. The first-order valence-electron chi connectivity index (χ1n) is 7.20. The minimum absolute atomic E-state index is 0.124. The van der Waals surface area contributed by atoms with Crippen LogP contribution in [0.4, 0.5) is 4.79 Å². The van der Waals surface area contributed by atoms with Gasteiger partial charge in [0.1, 0.15) is 0 Å². The monoisotopic (exact) mass is 270 g/mol. The van der Waals surface area contributed by atoms with Crippen molar-refractivity contribution in [2.45, 2.75) is 52.5 Å². The molecule has 1 rings (SSSR count). The topological polar surface area (TPSA) is 69.6 Å². The standard InChI is InChI=1S/C14H26N2O3/c1-10(2)6-4-5-8-15-14(19)16-9-7-12(11(16)3)13(17)18/h10-12H,4-9H2,1-3H3,(H,15,19)(H,17,18). The highest BCUT2D eigenvalue weighted by atomic mass is 16.4. The Morgan fingerprint density at radius 1 is 1.37 bits per heavy atom. The van der Waals surface area contributed by atoms with E-state index >= 15 is 0 Å². The first kappa shape index (κ1) is 15.8. The van der Waals surface area contributed by atoms with Crippen LogP contribution in [0.25, 0.3) is 0 Å². The van der Waals surface area contributed by atoms with Gasteiger partial charge in [-0.05, 0) is 25.7 Å². The lowest BCUT2D eigenvalue weighted by Crippen LogP contribution is -2.44. The molecule has 1 aliphatic rings. The molecular formula is C14H26N2O3. The molecule has 0 aliphatic carbocycles. The fraction of sp³-hybridized carbons (Fsp3) is 0.857. The zero-order chi connectivity index (χ0) is 14.4. The first-order chi connectivity index (χ1) is 8.93. The van der Waals surface area contributed by atoms with Gasteiger partial charge in [-0.1, -0.05) is 26.7 Å². The lowest BCUT2D eigenvalue weighted by molar-refractivity contribution is -0.142. The van der Waals surface area contributed by atoms with Crippen molar-refractivity contribution in [3.63, 3.8) is 0 Å². The molecule has 0 bridgehead atoms. The summed E-state index contributed by atoms with van der Waals surface area (Å²) in [5, 5.41) is 11.9. The molecule has 0 aromatic heterocycles. The van der Waals surface area contributed by atoms with E-state index in [0.717, 1.165) is 12.8 Å². The zero-order valence-electron chi connectivity index (χ0n) is 12.2. The number of likely N-dealkylation sites (tertiary alicyclic amines) is 1. The number of rotatable bonds is 6. The third-order valence-corrected chi connectivity index (χ3v) is 3.82. The molecule has 0 saturated carbocycles. The summed E-state index contributed by atoms with van der Waals surface area (Å²) < 4.78 is 0. The molecule has 1 aliphatic heterocycles. The summed E-state index contributed by atoms with van der Waals surface area (Å²) in [5.41, 5.74) is 0. The maximum Gasteiger partial charge on any atom is 0.317 e. The van der Waals surface area contributed by atoms with Gasteiger partial charge in [-0.3, -0.25) is 4.79 Å². The number of nitrogens with one attached hydrogen (secondary N) is 1. The van der Waals surface area contributed by atoms with Gasteiger partial charge in [-0.15, -0.1) is 0 Å². The summed E-state index contributed by atoms with van der Waals surface area (Å²) in [6.45, 7) is 7.40. The molecule has 0 aromatic rings. The lowest BCUT2D eigenvalue weighted by Gasteiger charge is -2.23. The van der Waals surface area contributed by atoms with Crippen LogP contribution in [0.15, 0.2) is 0 Å². The smallest absolute Gasteiger partial charge is 0.317 e. The van der Waals surface area contributed by atoms with E-state index in [1.807, 2.05) is 6.92 Å². The van der Waals surface area contributed by atoms with Crippen molar-refractivity contribution in [2.24, 2.45) is 11.8 Å². The van der Waals surface area contributed by atoms with Crippen LogP contribution >= 0.6 is 0 Å². The van der Waals surface area contributed by atoms with Crippen molar-refractivity contribution < 1.29 is 14.7 Å². The molecule has 2 amide bonds. The number of nitrogens with zero attached hydrogens (tertiary/aromatic N) is 1. The van der Waals surface area contributed by atoms with E-state index in [0.29, 0.717) is 25.4 Å². The van der Waals surface area contributed by atoms with Gasteiger partial charge in [0.05, 0.1) is 5.92 Å². The molecule has 0 spiro atoms. The predicted octanol–water partition coefficient (Wildman–Crippen LogP) is 2.32.